The average Bonchev–Trinajstić information content (AvgIpc) is 2.46. The molecule has 0 aliphatic rings. The SMILES string of the molecule is CCC(C)(NP(=O)(Cl)Oc1cccc2ccccc12)C(=O)O. The summed E-state index contributed by atoms with van der Waals surface area (Å²) in [5.74, 6) is -0.801. The Morgan fingerprint density at radius 3 is 2.59 bits per heavy atom. The molecular weight excluding hydrogens is 325 g/mol. The van der Waals surface area contributed by atoms with Crippen molar-refractivity contribution in [1.82, 2.24) is 5.09 Å². The van der Waals surface area contributed by atoms with Gasteiger partial charge >= 0.3 is 12.8 Å². The van der Waals surface area contributed by atoms with E-state index in [9.17, 15) is 14.5 Å². The summed E-state index contributed by atoms with van der Waals surface area (Å²) in [5, 5.41) is 13.3. The van der Waals surface area contributed by atoms with Gasteiger partial charge in [0.2, 0.25) is 0 Å². The number of benzene rings is 2. The van der Waals surface area contributed by atoms with E-state index in [1.807, 2.05) is 30.3 Å². The lowest BCUT2D eigenvalue weighted by Gasteiger charge is -2.27. The van der Waals surface area contributed by atoms with Crippen molar-refractivity contribution in [3.63, 3.8) is 0 Å². The monoisotopic (exact) mass is 341 g/mol. The van der Waals surface area contributed by atoms with Crippen molar-refractivity contribution in [2.75, 3.05) is 0 Å². The lowest BCUT2D eigenvalue weighted by molar-refractivity contribution is -0.143. The molecule has 2 unspecified atom stereocenters. The van der Waals surface area contributed by atoms with Gasteiger partial charge in [0, 0.05) is 16.6 Å². The van der Waals surface area contributed by atoms with E-state index in [0.717, 1.165) is 10.8 Å². The molecular formula is C15H17ClNO4P. The summed E-state index contributed by atoms with van der Waals surface area (Å²) in [4.78, 5) is 11.3. The number of nitrogens with one attached hydrogen (secondary N) is 1. The first-order chi connectivity index (χ1) is 10.3. The highest BCUT2D eigenvalue weighted by atomic mass is 35.7. The van der Waals surface area contributed by atoms with E-state index in [-0.39, 0.29) is 6.42 Å². The first-order valence-electron chi connectivity index (χ1n) is 6.77. The minimum absolute atomic E-state index is 0.206. The average molecular weight is 342 g/mol. The molecule has 22 heavy (non-hydrogen) atoms. The molecule has 0 spiro atoms. The molecule has 118 valence electrons. The maximum absolute atomic E-state index is 12.5. The smallest absolute Gasteiger partial charge is 0.410 e. The van der Waals surface area contributed by atoms with Gasteiger partial charge < -0.3 is 9.63 Å². The normalized spacial score (nSPS) is 16.7. The zero-order valence-electron chi connectivity index (χ0n) is 12.2. The molecule has 2 aromatic rings. The van der Waals surface area contributed by atoms with Crippen LogP contribution in [0.4, 0.5) is 0 Å². The van der Waals surface area contributed by atoms with Gasteiger partial charge in [0.15, 0.2) is 0 Å². The molecule has 0 heterocycles. The van der Waals surface area contributed by atoms with Crippen LogP contribution in [0.15, 0.2) is 42.5 Å². The quantitative estimate of drug-likeness (QED) is 0.761. The number of rotatable bonds is 6. The third-order valence-electron chi connectivity index (χ3n) is 3.52. The number of carboxylic acids is 1. The second-order valence-electron chi connectivity index (χ2n) is 5.15. The lowest BCUT2D eigenvalue weighted by atomic mass is 10.0. The van der Waals surface area contributed by atoms with Crippen LogP contribution in [0.3, 0.4) is 0 Å². The van der Waals surface area contributed by atoms with E-state index < -0.39 is 18.4 Å². The van der Waals surface area contributed by atoms with Gasteiger partial charge in [-0.2, -0.15) is 0 Å². The Bertz CT molecular complexity index is 746. The van der Waals surface area contributed by atoms with Gasteiger partial charge in [0.1, 0.15) is 11.3 Å². The molecule has 0 aliphatic heterocycles. The minimum atomic E-state index is -3.87. The summed E-state index contributed by atoms with van der Waals surface area (Å²) in [7, 11) is 0. The van der Waals surface area contributed by atoms with Gasteiger partial charge in [-0.1, -0.05) is 43.3 Å². The molecule has 2 atom stereocenters. The molecule has 0 saturated carbocycles. The molecule has 0 aromatic heterocycles. The van der Waals surface area contributed by atoms with Crippen LogP contribution >= 0.6 is 18.1 Å². The zero-order chi connectivity index (χ0) is 16.4. The predicted octanol–water partition coefficient (Wildman–Crippen LogP) is 4.41. The van der Waals surface area contributed by atoms with Crippen LogP contribution in [0.1, 0.15) is 20.3 Å². The number of fused-ring (bicyclic) bond motifs is 1. The van der Waals surface area contributed by atoms with Crippen LogP contribution < -0.4 is 9.61 Å². The highest BCUT2D eigenvalue weighted by Gasteiger charge is 2.39. The van der Waals surface area contributed by atoms with Gasteiger partial charge in [0.05, 0.1) is 0 Å². The molecule has 0 fully saturated rings. The summed E-state index contributed by atoms with van der Waals surface area (Å²) < 4.78 is 17.9. The van der Waals surface area contributed by atoms with E-state index >= 15 is 0 Å². The van der Waals surface area contributed by atoms with Crippen LogP contribution in [0.25, 0.3) is 10.8 Å². The third kappa shape index (κ3) is 3.61. The maximum atomic E-state index is 12.5. The van der Waals surface area contributed by atoms with Gasteiger partial charge in [-0.3, -0.25) is 4.79 Å². The highest BCUT2D eigenvalue weighted by Crippen LogP contribution is 2.51. The predicted molar refractivity (Wildman–Crippen MR) is 87.5 cm³/mol. The van der Waals surface area contributed by atoms with E-state index in [1.54, 1.807) is 19.1 Å². The maximum Gasteiger partial charge on any atom is 0.410 e. The third-order valence-corrected chi connectivity index (χ3v) is 5.18. The second-order valence-corrected chi connectivity index (χ2v) is 7.85. The van der Waals surface area contributed by atoms with Crippen molar-refractivity contribution in [2.45, 2.75) is 25.8 Å². The first kappa shape index (κ1) is 16.8. The fraction of sp³-hybridized carbons (Fsp3) is 0.267. The Labute approximate surface area is 133 Å². The molecule has 0 aliphatic carbocycles. The van der Waals surface area contributed by atoms with E-state index in [0.29, 0.717) is 5.75 Å². The van der Waals surface area contributed by atoms with Crippen molar-refractivity contribution in [2.24, 2.45) is 0 Å². The van der Waals surface area contributed by atoms with Crippen LogP contribution in [0.5, 0.6) is 5.75 Å². The minimum Gasteiger partial charge on any atom is -0.480 e. The van der Waals surface area contributed by atoms with E-state index in [4.69, 9.17) is 15.8 Å². The van der Waals surface area contributed by atoms with Crippen molar-refractivity contribution in [3.8, 4) is 5.75 Å². The Morgan fingerprint density at radius 2 is 1.95 bits per heavy atom. The molecule has 5 nitrogen and oxygen atoms in total. The summed E-state index contributed by atoms with van der Waals surface area (Å²) >= 11 is 5.94. The van der Waals surface area contributed by atoms with Crippen molar-refractivity contribution >= 4 is 34.9 Å². The number of aliphatic carboxylic acids is 1. The Kier molecular flexibility index (Phi) is 4.81. The zero-order valence-corrected chi connectivity index (χ0v) is 13.9. The topological polar surface area (TPSA) is 75.6 Å². The van der Waals surface area contributed by atoms with Gasteiger partial charge in [-0.25, -0.2) is 9.65 Å². The number of halogens is 1. The van der Waals surface area contributed by atoms with Gasteiger partial charge in [0.25, 0.3) is 0 Å². The van der Waals surface area contributed by atoms with Crippen molar-refractivity contribution in [1.29, 1.82) is 0 Å². The Balaban J connectivity index is 2.31. The van der Waals surface area contributed by atoms with Crippen molar-refractivity contribution in [3.05, 3.63) is 42.5 Å². The number of carboxylic acid groups (broad SMARTS) is 1. The second kappa shape index (κ2) is 6.29. The summed E-state index contributed by atoms with van der Waals surface area (Å²) in [5.41, 5.74) is -1.43. The van der Waals surface area contributed by atoms with E-state index in [2.05, 4.69) is 5.09 Å². The summed E-state index contributed by atoms with van der Waals surface area (Å²) in [6, 6.07) is 12.7. The van der Waals surface area contributed by atoms with Crippen LogP contribution in [-0.2, 0) is 9.36 Å². The first-order valence-corrected chi connectivity index (χ1v) is 9.30. The number of carbonyl (C=O) groups is 1. The van der Waals surface area contributed by atoms with Crippen LogP contribution in [-0.4, -0.2) is 16.6 Å². The fourth-order valence-corrected chi connectivity index (χ4v) is 4.08. The van der Waals surface area contributed by atoms with Gasteiger partial charge in [-0.15, -0.1) is 0 Å². The number of hydrogen-bond acceptors (Lipinski definition) is 3. The van der Waals surface area contributed by atoms with Crippen molar-refractivity contribution < 1.29 is 19.0 Å². The molecule has 2 N–H and O–H groups in total. The van der Waals surface area contributed by atoms with Crippen LogP contribution in [0.2, 0.25) is 0 Å². The molecule has 0 radical (unpaired) electrons. The molecule has 0 bridgehead atoms. The highest BCUT2D eigenvalue weighted by molar-refractivity contribution is 7.84. The summed E-state index contributed by atoms with van der Waals surface area (Å²) in [6.45, 7) is -0.793. The molecule has 2 rings (SSSR count). The Morgan fingerprint density at radius 1 is 1.32 bits per heavy atom. The standard InChI is InChI=1S/C15H17ClNO4P/c1-3-15(2,14(18)19)17-22(16,20)21-13-10-6-8-11-7-4-5-9-12(11)13/h4-10H,3H2,1-2H3,(H,17,20)(H,18,19). The van der Waals surface area contributed by atoms with Crippen LogP contribution in [0, 0.1) is 0 Å². The van der Waals surface area contributed by atoms with E-state index in [1.165, 1.54) is 6.92 Å². The molecule has 2 aromatic carbocycles. The largest absolute Gasteiger partial charge is 0.480 e. The molecule has 7 heteroatoms. The molecule has 0 saturated heterocycles. The Hall–Kier alpha value is -1.55. The number of hydrogen-bond donors (Lipinski definition) is 2. The summed E-state index contributed by atoms with van der Waals surface area (Å²) in [6.07, 6.45) is 0.206. The molecule has 0 amide bonds. The fourth-order valence-electron chi connectivity index (χ4n) is 2.00. The lowest BCUT2D eigenvalue weighted by Crippen LogP contribution is -2.47. The van der Waals surface area contributed by atoms with Gasteiger partial charge in [-0.05, 0) is 24.8 Å².